The van der Waals surface area contributed by atoms with E-state index in [2.05, 4.69) is 17.0 Å². The van der Waals surface area contributed by atoms with Gasteiger partial charge in [0.1, 0.15) is 5.60 Å². The largest absolute Gasteiger partial charge is 0.362 e. The molecule has 1 aromatic carbocycles. The van der Waals surface area contributed by atoms with Crippen LogP contribution in [0, 0.1) is 0 Å². The van der Waals surface area contributed by atoms with Gasteiger partial charge in [-0.15, -0.1) is 0 Å². The molecular formula is C18H22ClNO2. The van der Waals surface area contributed by atoms with Gasteiger partial charge in [-0.2, -0.15) is 0 Å². The Hall–Kier alpha value is -0.900. The summed E-state index contributed by atoms with van der Waals surface area (Å²) in [4.78, 5) is 15.2. The molecule has 4 rings (SSSR count). The van der Waals surface area contributed by atoms with E-state index in [9.17, 15) is 4.79 Å². The molecule has 0 amide bonds. The topological polar surface area (TPSA) is 32.6 Å². The van der Waals surface area contributed by atoms with Gasteiger partial charge in [-0.25, -0.2) is 0 Å². The van der Waals surface area contributed by atoms with Crippen LogP contribution in [0.25, 0.3) is 0 Å². The maximum absolute atomic E-state index is 12.8. The molecule has 1 aliphatic carbocycles. The van der Waals surface area contributed by atoms with Gasteiger partial charge in [-0.05, 0) is 37.5 Å². The summed E-state index contributed by atoms with van der Waals surface area (Å²) in [5.41, 5.74) is 0.677. The average Bonchev–Trinajstić information content (AvgIpc) is 3.44. The van der Waals surface area contributed by atoms with E-state index in [0.717, 1.165) is 5.02 Å². The van der Waals surface area contributed by atoms with E-state index in [4.69, 9.17) is 16.3 Å². The Morgan fingerprint density at radius 3 is 2.45 bits per heavy atom. The number of carbonyl (C=O) groups is 1. The molecule has 0 bridgehead atoms. The molecular weight excluding hydrogens is 298 g/mol. The van der Waals surface area contributed by atoms with E-state index >= 15 is 0 Å². The number of hydrogen-bond donors (Lipinski definition) is 0. The normalized spacial score (nSPS) is 37.8. The Balaban J connectivity index is 1.59. The lowest BCUT2D eigenvalue weighted by atomic mass is 9.95. The van der Waals surface area contributed by atoms with Crippen molar-refractivity contribution in [2.75, 3.05) is 6.61 Å². The second kappa shape index (κ2) is 5.33. The van der Waals surface area contributed by atoms with E-state index in [0.29, 0.717) is 12.6 Å². The standard InChI is InChI=1S/C18H22ClNO2/c1-18(11-22-18)17(21)16-15(12-7-9-13(19)10-8-12)20(16)14-5-3-2-4-6-14/h7-10,14-16H,2-6,11H2,1H3. The molecule has 0 radical (unpaired) electrons. The van der Waals surface area contributed by atoms with Crippen molar-refractivity contribution in [3.8, 4) is 0 Å². The fraction of sp³-hybridized carbons (Fsp3) is 0.611. The predicted molar refractivity (Wildman–Crippen MR) is 86.1 cm³/mol. The third-order valence-electron chi connectivity index (χ3n) is 5.43. The predicted octanol–water partition coefficient (Wildman–Crippen LogP) is 3.76. The second-order valence-electron chi connectivity index (χ2n) is 7.06. The highest BCUT2D eigenvalue weighted by Crippen LogP contribution is 2.51. The summed E-state index contributed by atoms with van der Waals surface area (Å²) in [6, 6.07) is 8.73. The van der Waals surface area contributed by atoms with Crippen molar-refractivity contribution >= 4 is 17.4 Å². The zero-order valence-electron chi connectivity index (χ0n) is 12.9. The van der Waals surface area contributed by atoms with Gasteiger partial charge in [0.2, 0.25) is 0 Å². The Morgan fingerprint density at radius 2 is 1.86 bits per heavy atom. The Morgan fingerprint density at radius 1 is 1.23 bits per heavy atom. The summed E-state index contributed by atoms with van der Waals surface area (Å²) in [5.74, 6) is 0.262. The number of Topliss-reactive ketones (excluding diaryl/α,β-unsaturated/α-hetero) is 1. The molecule has 1 saturated carbocycles. The van der Waals surface area contributed by atoms with Crippen molar-refractivity contribution < 1.29 is 9.53 Å². The minimum Gasteiger partial charge on any atom is -0.362 e. The first-order valence-corrected chi connectivity index (χ1v) is 8.69. The molecule has 4 heteroatoms. The maximum atomic E-state index is 12.8. The lowest BCUT2D eigenvalue weighted by molar-refractivity contribution is -0.124. The van der Waals surface area contributed by atoms with Gasteiger partial charge in [0.05, 0.1) is 18.7 Å². The van der Waals surface area contributed by atoms with Gasteiger partial charge in [0.15, 0.2) is 5.78 Å². The number of halogens is 1. The molecule has 1 aromatic rings. The van der Waals surface area contributed by atoms with Crippen LogP contribution in [0.2, 0.25) is 5.02 Å². The number of ether oxygens (including phenoxy) is 1. The van der Waals surface area contributed by atoms with Crippen LogP contribution in [0.4, 0.5) is 0 Å². The van der Waals surface area contributed by atoms with Crippen LogP contribution in [-0.2, 0) is 9.53 Å². The molecule has 2 heterocycles. The van der Waals surface area contributed by atoms with Gasteiger partial charge in [0.25, 0.3) is 0 Å². The fourth-order valence-electron chi connectivity index (χ4n) is 3.94. The van der Waals surface area contributed by atoms with Crippen molar-refractivity contribution in [1.29, 1.82) is 0 Å². The van der Waals surface area contributed by atoms with E-state index in [1.807, 2.05) is 19.1 Å². The molecule has 0 aromatic heterocycles. The number of nitrogens with zero attached hydrogens (tertiary/aromatic N) is 1. The van der Waals surface area contributed by atoms with E-state index in [-0.39, 0.29) is 17.9 Å². The Labute approximate surface area is 136 Å². The van der Waals surface area contributed by atoms with Crippen LogP contribution in [0.3, 0.4) is 0 Å². The lowest BCUT2D eigenvalue weighted by Gasteiger charge is -2.24. The van der Waals surface area contributed by atoms with Gasteiger partial charge in [-0.1, -0.05) is 43.0 Å². The van der Waals surface area contributed by atoms with Gasteiger partial charge in [-0.3, -0.25) is 9.69 Å². The number of ketones is 1. The Bertz CT molecular complexity index is 575. The summed E-state index contributed by atoms with van der Waals surface area (Å²) in [7, 11) is 0. The third-order valence-corrected chi connectivity index (χ3v) is 5.68. The monoisotopic (exact) mass is 319 g/mol. The second-order valence-corrected chi connectivity index (χ2v) is 7.50. The molecule has 118 valence electrons. The summed E-state index contributed by atoms with van der Waals surface area (Å²) >= 11 is 6.00. The van der Waals surface area contributed by atoms with Crippen LogP contribution < -0.4 is 0 Å². The summed E-state index contributed by atoms with van der Waals surface area (Å²) < 4.78 is 5.40. The first kappa shape index (κ1) is 14.7. The van der Waals surface area contributed by atoms with Crippen LogP contribution >= 0.6 is 11.6 Å². The zero-order chi connectivity index (χ0) is 15.3. The zero-order valence-corrected chi connectivity index (χ0v) is 13.7. The molecule has 3 aliphatic rings. The van der Waals surface area contributed by atoms with Crippen molar-refractivity contribution in [1.82, 2.24) is 4.90 Å². The number of hydrogen-bond acceptors (Lipinski definition) is 3. The summed E-state index contributed by atoms with van der Waals surface area (Å²) in [6.07, 6.45) is 6.32. The molecule has 0 spiro atoms. The molecule has 2 aliphatic heterocycles. The molecule has 22 heavy (non-hydrogen) atoms. The lowest BCUT2D eigenvalue weighted by Crippen LogP contribution is -2.32. The summed E-state index contributed by atoms with van der Waals surface area (Å²) in [6.45, 7) is 2.50. The molecule has 4 unspecified atom stereocenters. The van der Waals surface area contributed by atoms with Crippen molar-refractivity contribution in [2.24, 2.45) is 0 Å². The minimum atomic E-state index is -0.529. The van der Waals surface area contributed by atoms with Crippen molar-refractivity contribution in [2.45, 2.75) is 62.8 Å². The summed E-state index contributed by atoms with van der Waals surface area (Å²) in [5, 5.41) is 0.744. The van der Waals surface area contributed by atoms with Crippen LogP contribution in [0.1, 0.15) is 50.6 Å². The smallest absolute Gasteiger partial charge is 0.185 e. The highest BCUT2D eigenvalue weighted by atomic mass is 35.5. The Kier molecular flexibility index (Phi) is 3.55. The number of epoxide rings is 1. The number of benzene rings is 1. The first-order chi connectivity index (χ1) is 10.6. The van der Waals surface area contributed by atoms with Crippen LogP contribution in [-0.4, -0.2) is 35.0 Å². The van der Waals surface area contributed by atoms with Crippen LogP contribution in [0.5, 0.6) is 0 Å². The molecule has 3 nitrogen and oxygen atoms in total. The fourth-order valence-corrected chi connectivity index (χ4v) is 4.06. The van der Waals surface area contributed by atoms with E-state index in [1.54, 1.807) is 0 Å². The SMILES string of the molecule is CC1(C(=O)C2C(c3ccc(Cl)cc3)N2C2CCCCC2)CO1. The average molecular weight is 320 g/mol. The molecule has 4 atom stereocenters. The number of carbonyl (C=O) groups excluding carboxylic acids is 1. The van der Waals surface area contributed by atoms with Gasteiger partial charge < -0.3 is 4.74 Å². The van der Waals surface area contributed by atoms with Crippen molar-refractivity contribution in [3.05, 3.63) is 34.9 Å². The van der Waals surface area contributed by atoms with Crippen LogP contribution in [0.15, 0.2) is 24.3 Å². The van der Waals surface area contributed by atoms with Gasteiger partial charge >= 0.3 is 0 Å². The van der Waals surface area contributed by atoms with Crippen molar-refractivity contribution in [3.63, 3.8) is 0 Å². The molecule has 0 N–H and O–H groups in total. The number of rotatable bonds is 4. The highest BCUT2D eigenvalue weighted by Gasteiger charge is 2.63. The van der Waals surface area contributed by atoms with Gasteiger partial charge in [0, 0.05) is 11.1 Å². The quantitative estimate of drug-likeness (QED) is 0.792. The highest BCUT2D eigenvalue weighted by molar-refractivity contribution is 6.30. The first-order valence-electron chi connectivity index (χ1n) is 8.31. The molecule has 3 fully saturated rings. The minimum absolute atomic E-state index is 0.00299. The third kappa shape index (κ3) is 2.49. The molecule has 2 saturated heterocycles. The van der Waals surface area contributed by atoms with E-state index < -0.39 is 5.60 Å². The maximum Gasteiger partial charge on any atom is 0.185 e. The van der Waals surface area contributed by atoms with E-state index in [1.165, 1.54) is 37.7 Å².